The van der Waals surface area contributed by atoms with Gasteiger partial charge in [0.1, 0.15) is 6.23 Å². The zero-order valence-electron chi connectivity index (χ0n) is 5.89. The van der Waals surface area contributed by atoms with E-state index in [-0.39, 0.29) is 6.23 Å². The van der Waals surface area contributed by atoms with Crippen LogP contribution in [0, 0.1) is 0 Å². The average molecular weight is 117 g/mol. The monoisotopic (exact) mass is 117 g/mol. The molecule has 0 radical (unpaired) electrons. The number of hydrogen-bond acceptors (Lipinski definition) is 2. The van der Waals surface area contributed by atoms with E-state index >= 15 is 0 Å². The highest BCUT2D eigenvalue weighted by Gasteiger charge is 2.01. The van der Waals surface area contributed by atoms with Crippen molar-refractivity contribution in [3.05, 3.63) is 0 Å². The van der Waals surface area contributed by atoms with Crippen LogP contribution in [0.3, 0.4) is 0 Å². The van der Waals surface area contributed by atoms with Gasteiger partial charge in [0.05, 0.1) is 0 Å². The number of aliphatic hydroxyl groups excluding tert-OH is 1. The molecule has 1 atom stereocenters. The Balaban J connectivity index is 3.17. The van der Waals surface area contributed by atoms with Gasteiger partial charge in [-0.1, -0.05) is 13.3 Å². The lowest BCUT2D eigenvalue weighted by molar-refractivity contribution is 0.0329. The lowest BCUT2D eigenvalue weighted by Crippen LogP contribution is -2.26. The molecule has 8 heavy (non-hydrogen) atoms. The van der Waals surface area contributed by atoms with Gasteiger partial charge >= 0.3 is 0 Å². The molecule has 0 rings (SSSR count). The van der Waals surface area contributed by atoms with Gasteiger partial charge in [-0.25, -0.2) is 0 Å². The van der Waals surface area contributed by atoms with Crippen molar-refractivity contribution in [2.75, 3.05) is 14.1 Å². The van der Waals surface area contributed by atoms with Crippen LogP contribution in [0.1, 0.15) is 19.8 Å². The quantitative estimate of drug-likeness (QED) is 0.549. The van der Waals surface area contributed by atoms with E-state index in [9.17, 15) is 0 Å². The Kier molecular flexibility index (Phi) is 3.83. The Morgan fingerprint density at radius 1 is 1.50 bits per heavy atom. The first-order chi connectivity index (χ1) is 3.68. The molecule has 0 amide bonds. The average Bonchev–Trinajstić information content (AvgIpc) is 1.67. The largest absolute Gasteiger partial charge is 0.378 e. The van der Waals surface area contributed by atoms with E-state index in [1.54, 1.807) is 0 Å². The summed E-state index contributed by atoms with van der Waals surface area (Å²) in [7, 11) is 3.75. The summed E-state index contributed by atoms with van der Waals surface area (Å²) < 4.78 is 0. The molecule has 0 aromatic heterocycles. The second-order valence-electron chi connectivity index (χ2n) is 2.23. The molecule has 0 saturated heterocycles. The van der Waals surface area contributed by atoms with Crippen LogP contribution in [0.5, 0.6) is 0 Å². The third kappa shape index (κ3) is 2.99. The van der Waals surface area contributed by atoms with Crippen molar-refractivity contribution in [3.8, 4) is 0 Å². The molecule has 2 heteroatoms. The second kappa shape index (κ2) is 3.87. The molecule has 0 unspecified atom stereocenters. The molecule has 0 heterocycles. The number of rotatable bonds is 3. The minimum atomic E-state index is -0.250. The van der Waals surface area contributed by atoms with E-state index in [1.165, 1.54) is 0 Å². The van der Waals surface area contributed by atoms with E-state index in [0.29, 0.717) is 0 Å². The van der Waals surface area contributed by atoms with Crippen molar-refractivity contribution >= 4 is 0 Å². The molecule has 50 valence electrons. The molecule has 0 aliphatic carbocycles. The summed E-state index contributed by atoms with van der Waals surface area (Å²) in [5.74, 6) is 0. The van der Waals surface area contributed by atoms with Gasteiger partial charge in [-0.2, -0.15) is 0 Å². The van der Waals surface area contributed by atoms with Crippen molar-refractivity contribution in [2.45, 2.75) is 26.0 Å². The summed E-state index contributed by atoms with van der Waals surface area (Å²) in [6, 6.07) is 0. The van der Waals surface area contributed by atoms with Crippen molar-refractivity contribution in [1.29, 1.82) is 0 Å². The molecule has 0 aliphatic heterocycles. The van der Waals surface area contributed by atoms with Crippen LogP contribution < -0.4 is 0 Å². The summed E-state index contributed by atoms with van der Waals surface area (Å²) in [4.78, 5) is 1.81. The normalized spacial score (nSPS) is 14.6. The van der Waals surface area contributed by atoms with Gasteiger partial charge in [0.25, 0.3) is 0 Å². The van der Waals surface area contributed by atoms with Gasteiger partial charge in [0, 0.05) is 0 Å². The molecule has 0 aromatic carbocycles. The van der Waals surface area contributed by atoms with Crippen LogP contribution >= 0.6 is 0 Å². The smallest absolute Gasteiger partial charge is 0.106 e. The van der Waals surface area contributed by atoms with Crippen molar-refractivity contribution in [2.24, 2.45) is 0 Å². The minimum absolute atomic E-state index is 0.250. The predicted molar refractivity (Wildman–Crippen MR) is 34.6 cm³/mol. The third-order valence-corrected chi connectivity index (χ3v) is 1.14. The molecule has 0 spiro atoms. The Morgan fingerprint density at radius 2 is 2.00 bits per heavy atom. The van der Waals surface area contributed by atoms with Crippen LogP contribution in [0.25, 0.3) is 0 Å². The van der Waals surface area contributed by atoms with Crippen molar-refractivity contribution in [1.82, 2.24) is 4.90 Å². The van der Waals surface area contributed by atoms with Gasteiger partial charge < -0.3 is 5.11 Å². The first-order valence-corrected chi connectivity index (χ1v) is 3.03. The predicted octanol–water partition coefficient (Wildman–Crippen LogP) is 0.667. The lowest BCUT2D eigenvalue weighted by Gasteiger charge is -2.16. The number of nitrogens with zero attached hydrogens (tertiary/aromatic N) is 1. The molecule has 2 nitrogen and oxygen atoms in total. The second-order valence-corrected chi connectivity index (χ2v) is 2.23. The maximum absolute atomic E-state index is 9.05. The number of aliphatic hydroxyl groups is 1. The molecule has 0 fully saturated rings. The van der Waals surface area contributed by atoms with E-state index in [1.807, 2.05) is 19.0 Å². The summed E-state index contributed by atoms with van der Waals surface area (Å²) in [6.45, 7) is 2.06. The van der Waals surface area contributed by atoms with Crippen molar-refractivity contribution < 1.29 is 5.11 Å². The molecular formula is C6H15NO. The Morgan fingerprint density at radius 3 is 2.12 bits per heavy atom. The fourth-order valence-electron chi connectivity index (χ4n) is 0.516. The first kappa shape index (κ1) is 7.92. The fourth-order valence-corrected chi connectivity index (χ4v) is 0.516. The molecule has 0 aliphatic rings. The highest BCUT2D eigenvalue weighted by Crippen LogP contribution is 1.96. The Labute approximate surface area is 51.1 Å². The third-order valence-electron chi connectivity index (χ3n) is 1.14. The fraction of sp³-hybridized carbons (Fsp3) is 1.00. The van der Waals surface area contributed by atoms with Gasteiger partial charge in [0.2, 0.25) is 0 Å². The summed E-state index contributed by atoms with van der Waals surface area (Å²) in [6.07, 6.45) is 1.66. The zero-order valence-corrected chi connectivity index (χ0v) is 5.89. The highest BCUT2D eigenvalue weighted by molar-refractivity contribution is 4.47. The van der Waals surface area contributed by atoms with Gasteiger partial charge in [-0.15, -0.1) is 0 Å². The highest BCUT2D eigenvalue weighted by atomic mass is 16.3. The molecular weight excluding hydrogens is 102 g/mol. The Bertz CT molecular complexity index is 54.5. The van der Waals surface area contributed by atoms with E-state index in [2.05, 4.69) is 6.92 Å². The molecule has 1 N–H and O–H groups in total. The summed E-state index contributed by atoms with van der Waals surface area (Å²) >= 11 is 0. The maximum atomic E-state index is 9.05. The molecule has 0 bridgehead atoms. The zero-order chi connectivity index (χ0) is 6.57. The topological polar surface area (TPSA) is 23.5 Å². The molecule has 0 aromatic rings. The van der Waals surface area contributed by atoms with Crippen LogP contribution in [0.4, 0.5) is 0 Å². The van der Waals surface area contributed by atoms with Crippen LogP contribution in [0.2, 0.25) is 0 Å². The van der Waals surface area contributed by atoms with Crippen LogP contribution in [0.15, 0.2) is 0 Å². The van der Waals surface area contributed by atoms with Gasteiger partial charge in [-0.3, -0.25) is 4.90 Å². The standard InChI is InChI=1S/C6H15NO/c1-4-5-6(8)7(2)3/h6,8H,4-5H2,1-3H3/t6-/m0/s1. The summed E-state index contributed by atoms with van der Waals surface area (Å²) in [5, 5.41) is 9.05. The minimum Gasteiger partial charge on any atom is -0.378 e. The first-order valence-electron chi connectivity index (χ1n) is 3.03. The SMILES string of the molecule is CCC[C@H](O)N(C)C. The van der Waals surface area contributed by atoms with Gasteiger partial charge in [-0.05, 0) is 20.5 Å². The summed E-state index contributed by atoms with van der Waals surface area (Å²) in [5.41, 5.74) is 0. The lowest BCUT2D eigenvalue weighted by atomic mass is 10.3. The van der Waals surface area contributed by atoms with Crippen molar-refractivity contribution in [3.63, 3.8) is 0 Å². The van der Waals surface area contributed by atoms with Crippen LogP contribution in [-0.4, -0.2) is 30.3 Å². The van der Waals surface area contributed by atoms with E-state index in [4.69, 9.17) is 5.11 Å². The maximum Gasteiger partial charge on any atom is 0.106 e. The van der Waals surface area contributed by atoms with Crippen LogP contribution in [-0.2, 0) is 0 Å². The number of hydrogen-bond donors (Lipinski definition) is 1. The Hall–Kier alpha value is -0.0800. The van der Waals surface area contributed by atoms with Gasteiger partial charge in [0.15, 0.2) is 0 Å². The van der Waals surface area contributed by atoms with E-state index < -0.39 is 0 Å². The molecule has 0 saturated carbocycles. The van der Waals surface area contributed by atoms with E-state index in [0.717, 1.165) is 12.8 Å².